The molecule has 6 atom stereocenters. The number of phenolic OH excluding ortho intramolecular Hbond substituents is 1. The zero-order chi connectivity index (χ0) is 36.6. The largest absolute Gasteiger partial charge is 0.508 e. The van der Waals surface area contributed by atoms with Gasteiger partial charge in [0.2, 0.25) is 11.8 Å². The molecule has 2 aliphatic carbocycles. The van der Waals surface area contributed by atoms with Crippen LogP contribution in [0.3, 0.4) is 0 Å². The second kappa shape index (κ2) is 12.6. The summed E-state index contributed by atoms with van der Waals surface area (Å²) in [5.74, 6) is -6.89. The number of fused-ring (bicyclic) bond motifs is 4. The second-order valence-electron chi connectivity index (χ2n) is 13.2. The summed E-state index contributed by atoms with van der Waals surface area (Å²) in [6.07, 6.45) is -1.64. The summed E-state index contributed by atoms with van der Waals surface area (Å²) in [6, 6.07) is 11.6. The lowest BCUT2D eigenvalue weighted by Crippen LogP contribution is -2.53. The quantitative estimate of drug-likeness (QED) is 0.207. The van der Waals surface area contributed by atoms with Gasteiger partial charge in [0.05, 0.1) is 40.9 Å². The Hall–Kier alpha value is -4.62. The molecule has 10 nitrogen and oxygen atoms in total. The minimum Gasteiger partial charge on any atom is -0.508 e. The monoisotopic (exact) mass is 742 g/mol. The highest BCUT2D eigenvalue weighted by atomic mass is 35.5. The summed E-state index contributed by atoms with van der Waals surface area (Å²) in [5.41, 5.74) is 0.928. The molecule has 266 valence electrons. The average molecular weight is 744 g/mol. The van der Waals surface area contributed by atoms with E-state index in [2.05, 4.69) is 10.4 Å². The molecule has 0 radical (unpaired) electrons. The van der Waals surface area contributed by atoms with Gasteiger partial charge in [-0.3, -0.25) is 29.5 Å². The lowest BCUT2D eigenvalue weighted by Gasteiger charge is -2.50. The lowest BCUT2D eigenvalue weighted by atomic mass is 9.49. The first kappa shape index (κ1) is 34.8. The molecule has 2 N–H and O–H groups in total. The molecule has 1 aromatic heterocycles. The van der Waals surface area contributed by atoms with Gasteiger partial charge in [-0.15, -0.1) is 0 Å². The van der Waals surface area contributed by atoms with E-state index >= 15 is 4.79 Å². The van der Waals surface area contributed by atoms with E-state index in [1.807, 2.05) is 13.0 Å². The van der Waals surface area contributed by atoms with E-state index in [0.717, 1.165) is 0 Å². The maximum atomic E-state index is 15.2. The number of nitrogens with one attached hydrogen (secondary N) is 1. The van der Waals surface area contributed by atoms with Gasteiger partial charge in [0.25, 0.3) is 11.8 Å². The summed E-state index contributed by atoms with van der Waals surface area (Å²) in [5, 5.41) is 12.1. The number of likely N-dealkylation sites (tertiary alicyclic amines) is 1. The molecular weight excluding hydrogens is 712 g/mol. The number of halogens is 5. The molecule has 0 spiro atoms. The highest BCUT2D eigenvalue weighted by Crippen LogP contribution is 2.65. The summed E-state index contributed by atoms with van der Waals surface area (Å²) in [4.78, 5) is 62.4. The summed E-state index contributed by atoms with van der Waals surface area (Å²) >= 11 is 12.5. The Morgan fingerprint density at radius 3 is 2.37 bits per heavy atom. The van der Waals surface area contributed by atoms with Crippen LogP contribution in [0.15, 0.2) is 66.4 Å². The predicted molar refractivity (Wildman–Crippen MR) is 179 cm³/mol. The molecule has 6 unspecified atom stereocenters. The number of allylic oxidation sites excluding steroid dienone is 2. The number of nitrogens with zero attached hydrogens (tertiary/aromatic N) is 3. The number of alkyl halides is 3. The summed E-state index contributed by atoms with van der Waals surface area (Å²) in [6.45, 7) is 2.10. The van der Waals surface area contributed by atoms with Crippen molar-refractivity contribution in [3.63, 3.8) is 0 Å². The number of hydrazine groups is 1. The molecule has 2 saturated heterocycles. The van der Waals surface area contributed by atoms with Crippen LogP contribution >= 0.6 is 23.2 Å². The van der Waals surface area contributed by atoms with Crippen molar-refractivity contribution in [2.24, 2.45) is 23.7 Å². The Balaban J connectivity index is 1.44. The van der Waals surface area contributed by atoms with Crippen molar-refractivity contribution >= 4 is 52.6 Å². The standard InChI is InChI=1S/C36H31Cl2F3N4O6/c1-3-12-44-31(47)23-11-10-21-24(28(23)33(44)49)15-25-32(48)45(43-30-26(38)13-18(16-42-30)36(39,40)41)34(50)35(25,17-4-6-19(37)7-5-17)29(21)22-9-8-20(51-2)14-27(22)46/h4-10,13-14,16,23-25,28-29,46H,3,11-12,15H2,1-2H3,(H,42,43). The third-order valence-electron chi connectivity index (χ3n) is 10.6. The van der Waals surface area contributed by atoms with Gasteiger partial charge in [0.1, 0.15) is 11.5 Å². The van der Waals surface area contributed by atoms with E-state index in [4.69, 9.17) is 27.9 Å². The van der Waals surface area contributed by atoms with Crippen LogP contribution in [0, 0.1) is 23.7 Å². The number of imide groups is 2. The molecule has 51 heavy (non-hydrogen) atoms. The van der Waals surface area contributed by atoms with Crippen LogP contribution in [0.2, 0.25) is 10.0 Å². The number of rotatable bonds is 7. The van der Waals surface area contributed by atoms with E-state index in [0.29, 0.717) is 45.6 Å². The van der Waals surface area contributed by atoms with Crippen molar-refractivity contribution < 1.29 is 42.2 Å². The van der Waals surface area contributed by atoms with Crippen LogP contribution in [0.5, 0.6) is 11.5 Å². The van der Waals surface area contributed by atoms with Crippen LogP contribution in [-0.2, 0) is 30.8 Å². The van der Waals surface area contributed by atoms with Gasteiger partial charge in [-0.25, -0.2) is 4.98 Å². The molecule has 2 aromatic carbocycles. The molecule has 3 heterocycles. The summed E-state index contributed by atoms with van der Waals surface area (Å²) < 4.78 is 45.6. The molecule has 0 bridgehead atoms. The van der Waals surface area contributed by atoms with Crippen LogP contribution in [0.4, 0.5) is 19.0 Å². The number of carbonyl (C=O) groups is 4. The third-order valence-corrected chi connectivity index (χ3v) is 11.2. The lowest BCUT2D eigenvalue weighted by molar-refractivity contribution is -0.141. The van der Waals surface area contributed by atoms with Crippen LogP contribution < -0.4 is 10.2 Å². The van der Waals surface area contributed by atoms with Gasteiger partial charge >= 0.3 is 6.18 Å². The number of carbonyl (C=O) groups excluding carboxylic acids is 4. The maximum absolute atomic E-state index is 15.2. The fourth-order valence-electron chi connectivity index (χ4n) is 8.53. The number of aromatic hydroxyl groups is 1. The zero-order valence-corrected chi connectivity index (χ0v) is 28.7. The number of pyridine rings is 1. The molecule has 3 fully saturated rings. The van der Waals surface area contributed by atoms with Crippen molar-refractivity contribution in [2.75, 3.05) is 19.1 Å². The number of phenols is 1. The smallest absolute Gasteiger partial charge is 0.417 e. The number of aromatic nitrogens is 1. The van der Waals surface area contributed by atoms with E-state index in [1.165, 1.54) is 18.1 Å². The van der Waals surface area contributed by atoms with Crippen LogP contribution in [-0.4, -0.2) is 57.3 Å². The normalized spacial score (nSPS) is 27.3. The number of methoxy groups -OCH3 is 1. The van der Waals surface area contributed by atoms with E-state index in [-0.39, 0.29) is 48.3 Å². The first-order chi connectivity index (χ1) is 24.2. The Kier molecular flexibility index (Phi) is 8.57. The van der Waals surface area contributed by atoms with Crippen LogP contribution in [0.25, 0.3) is 0 Å². The number of ether oxygens (including phenoxy) is 1. The number of hydrogen-bond donors (Lipinski definition) is 2. The van der Waals surface area contributed by atoms with Crippen molar-refractivity contribution in [2.45, 2.75) is 43.7 Å². The SMILES string of the molecule is CCCN1C(=O)C2CC=C3C(CC4C(=O)N(Nc5ncc(C(F)(F)F)cc5Cl)C(=O)C4(c4ccc(Cl)cc4)C3c3ccc(OC)cc3O)C2C1=O. The molecule has 4 amide bonds. The number of hydrogen-bond acceptors (Lipinski definition) is 8. The van der Waals surface area contributed by atoms with Crippen LogP contribution in [0.1, 0.15) is 48.8 Å². The molecule has 4 aliphatic rings. The average Bonchev–Trinajstić information content (AvgIpc) is 3.46. The Morgan fingerprint density at radius 1 is 1.02 bits per heavy atom. The van der Waals surface area contributed by atoms with Crippen molar-refractivity contribution in [3.8, 4) is 11.5 Å². The molecule has 7 rings (SSSR count). The summed E-state index contributed by atoms with van der Waals surface area (Å²) in [7, 11) is 1.42. The highest BCUT2D eigenvalue weighted by Gasteiger charge is 2.70. The van der Waals surface area contributed by atoms with Gasteiger partial charge in [-0.05, 0) is 55.0 Å². The highest BCUT2D eigenvalue weighted by molar-refractivity contribution is 6.33. The second-order valence-corrected chi connectivity index (χ2v) is 14.0. The van der Waals surface area contributed by atoms with Crippen molar-refractivity contribution in [1.29, 1.82) is 0 Å². The number of anilines is 1. The first-order valence-electron chi connectivity index (χ1n) is 16.3. The fourth-order valence-corrected chi connectivity index (χ4v) is 8.87. The minimum atomic E-state index is -4.75. The third kappa shape index (κ3) is 5.26. The van der Waals surface area contributed by atoms with Gasteiger partial charge in [0, 0.05) is 35.3 Å². The zero-order valence-electron chi connectivity index (χ0n) is 27.2. The maximum Gasteiger partial charge on any atom is 0.417 e. The van der Waals surface area contributed by atoms with E-state index in [9.17, 15) is 32.7 Å². The molecule has 15 heteroatoms. The van der Waals surface area contributed by atoms with Crippen molar-refractivity contribution in [3.05, 3.63) is 93.1 Å². The van der Waals surface area contributed by atoms with Gasteiger partial charge < -0.3 is 9.84 Å². The molecule has 3 aromatic rings. The van der Waals surface area contributed by atoms with Gasteiger partial charge in [-0.1, -0.05) is 60.0 Å². The molecule has 2 aliphatic heterocycles. The van der Waals surface area contributed by atoms with Crippen molar-refractivity contribution in [1.82, 2.24) is 14.9 Å². The minimum absolute atomic E-state index is 0.0288. The molecular formula is C36H31Cl2F3N4O6. The number of amides is 4. The fraction of sp³-hybridized carbons (Fsp3) is 0.361. The topological polar surface area (TPSA) is 129 Å². The molecule has 1 saturated carbocycles. The van der Waals surface area contributed by atoms with E-state index < -0.39 is 63.6 Å². The Morgan fingerprint density at radius 2 is 1.75 bits per heavy atom. The van der Waals surface area contributed by atoms with Gasteiger partial charge in [0.15, 0.2) is 5.82 Å². The van der Waals surface area contributed by atoms with Gasteiger partial charge in [-0.2, -0.15) is 18.2 Å². The van der Waals surface area contributed by atoms with E-state index in [1.54, 1.807) is 36.4 Å². The Labute approximate surface area is 300 Å². The predicted octanol–water partition coefficient (Wildman–Crippen LogP) is 6.52. The first-order valence-corrected chi connectivity index (χ1v) is 17.0. The number of benzene rings is 2. The Bertz CT molecular complexity index is 2010.